The number of likely N-dealkylation sites (N-methyl/N-ethyl adjacent to an activating group) is 1. The first kappa shape index (κ1) is 23.8. The van der Waals surface area contributed by atoms with Gasteiger partial charge in [0.05, 0.1) is 0 Å². The van der Waals surface area contributed by atoms with Gasteiger partial charge in [0.1, 0.15) is 12.6 Å². The van der Waals surface area contributed by atoms with Crippen molar-refractivity contribution in [2.75, 3.05) is 40.3 Å². The largest absolute Gasteiger partial charge is 0.481 e. The number of hydrogen-bond donors (Lipinski definition) is 2. The molecule has 2 aliphatic rings. The lowest BCUT2D eigenvalue weighted by molar-refractivity contribution is -0.141. The number of nitrogens with zero attached hydrogens (tertiary/aromatic N) is 2. The Morgan fingerprint density at radius 3 is 2.21 bits per heavy atom. The lowest BCUT2D eigenvalue weighted by Crippen LogP contribution is -2.59. The Labute approximate surface area is 199 Å². The molecule has 1 aliphatic heterocycles. The number of aliphatic carboxylic acids is 1. The van der Waals surface area contributed by atoms with E-state index < -0.39 is 18.1 Å². The Balaban J connectivity index is 1.35. The van der Waals surface area contributed by atoms with Crippen LogP contribution in [0.25, 0.3) is 11.1 Å². The van der Waals surface area contributed by atoms with Gasteiger partial charge in [0.25, 0.3) is 0 Å². The predicted octanol–water partition coefficient (Wildman–Crippen LogP) is 2.78. The van der Waals surface area contributed by atoms with Gasteiger partial charge in [0, 0.05) is 32.0 Å². The van der Waals surface area contributed by atoms with Crippen LogP contribution in [0.2, 0.25) is 0 Å². The highest BCUT2D eigenvalue weighted by atomic mass is 16.5. The number of carboxylic acids is 1. The minimum absolute atomic E-state index is 0.0495. The van der Waals surface area contributed by atoms with Gasteiger partial charge in [-0.1, -0.05) is 48.5 Å². The fourth-order valence-electron chi connectivity index (χ4n) is 4.81. The third-order valence-electron chi connectivity index (χ3n) is 6.52. The summed E-state index contributed by atoms with van der Waals surface area (Å²) in [5, 5.41) is 11.6. The van der Waals surface area contributed by atoms with Crippen molar-refractivity contribution in [3.05, 3.63) is 59.7 Å². The molecular formula is C26H31N3O5. The topological polar surface area (TPSA) is 99.2 Å². The molecule has 1 atom stereocenters. The summed E-state index contributed by atoms with van der Waals surface area (Å²) >= 11 is 0. The van der Waals surface area contributed by atoms with Crippen LogP contribution in [-0.4, -0.2) is 79.3 Å². The lowest BCUT2D eigenvalue weighted by Gasteiger charge is -2.41. The summed E-state index contributed by atoms with van der Waals surface area (Å²) in [6.07, 6.45) is 0.0355. The summed E-state index contributed by atoms with van der Waals surface area (Å²) in [6.45, 7) is 1.56. The monoisotopic (exact) mass is 465 g/mol. The maximum atomic E-state index is 13.0. The van der Waals surface area contributed by atoms with Crippen molar-refractivity contribution in [3.8, 4) is 11.1 Å². The average Bonchev–Trinajstić information content (AvgIpc) is 3.09. The zero-order valence-electron chi connectivity index (χ0n) is 19.6. The van der Waals surface area contributed by atoms with Crippen molar-refractivity contribution < 1.29 is 24.2 Å². The highest BCUT2D eigenvalue weighted by molar-refractivity contribution is 5.86. The summed E-state index contributed by atoms with van der Waals surface area (Å²) in [4.78, 5) is 40.0. The van der Waals surface area contributed by atoms with E-state index in [0.29, 0.717) is 26.1 Å². The van der Waals surface area contributed by atoms with Gasteiger partial charge in [-0.3, -0.25) is 9.59 Å². The predicted molar refractivity (Wildman–Crippen MR) is 127 cm³/mol. The van der Waals surface area contributed by atoms with Gasteiger partial charge in [-0.05, 0) is 48.7 Å². The van der Waals surface area contributed by atoms with E-state index in [9.17, 15) is 14.4 Å². The van der Waals surface area contributed by atoms with Crippen molar-refractivity contribution in [2.45, 2.75) is 24.8 Å². The first-order valence-electron chi connectivity index (χ1n) is 11.6. The molecule has 0 aromatic heterocycles. The highest BCUT2D eigenvalue weighted by Gasteiger charge is 2.36. The standard InChI is InChI=1S/C26H31N3O5/c1-28(2)15-23(25(32)29-13-17(14-29)11-12-24(30)31)27-26(33)34-16-22-20-9-5-3-7-18(20)19-8-4-6-10-21(19)22/h3-10,17,22-23H,11-16H2,1-2H3,(H,27,33)(H,30,31)/t23-/m0/s1. The van der Waals surface area contributed by atoms with Crippen molar-refractivity contribution in [2.24, 2.45) is 5.92 Å². The minimum atomic E-state index is -0.827. The van der Waals surface area contributed by atoms with Crippen molar-refractivity contribution in [3.63, 3.8) is 0 Å². The Hall–Kier alpha value is -3.39. The number of rotatable bonds is 9. The molecule has 4 rings (SSSR count). The molecule has 2 aromatic carbocycles. The maximum absolute atomic E-state index is 13.0. The van der Waals surface area contributed by atoms with Crippen LogP contribution in [0.15, 0.2) is 48.5 Å². The summed E-state index contributed by atoms with van der Waals surface area (Å²) in [7, 11) is 3.68. The minimum Gasteiger partial charge on any atom is -0.481 e. The van der Waals surface area contributed by atoms with E-state index in [2.05, 4.69) is 29.6 Å². The van der Waals surface area contributed by atoms with Crippen LogP contribution in [-0.2, 0) is 14.3 Å². The summed E-state index contributed by atoms with van der Waals surface area (Å²) in [6, 6.07) is 15.5. The Morgan fingerprint density at radius 2 is 1.65 bits per heavy atom. The summed E-state index contributed by atoms with van der Waals surface area (Å²) in [5.74, 6) is -0.859. The van der Waals surface area contributed by atoms with Crippen LogP contribution >= 0.6 is 0 Å². The smallest absolute Gasteiger partial charge is 0.407 e. The van der Waals surface area contributed by atoms with Crippen LogP contribution in [0.3, 0.4) is 0 Å². The molecule has 2 N–H and O–H groups in total. The van der Waals surface area contributed by atoms with Gasteiger partial charge < -0.3 is 25.0 Å². The molecule has 8 heteroatoms. The first-order valence-corrected chi connectivity index (χ1v) is 11.6. The molecule has 2 amide bonds. The third-order valence-corrected chi connectivity index (χ3v) is 6.52. The van der Waals surface area contributed by atoms with E-state index in [0.717, 1.165) is 22.3 Å². The SMILES string of the molecule is CN(C)C[C@H](NC(=O)OCC1c2ccccc2-c2ccccc21)C(=O)N1CC(CCC(=O)O)C1. The maximum Gasteiger partial charge on any atom is 0.407 e. The van der Waals surface area contributed by atoms with E-state index in [1.165, 1.54) is 0 Å². The number of fused-ring (bicyclic) bond motifs is 3. The second-order valence-corrected chi connectivity index (χ2v) is 9.33. The molecular weight excluding hydrogens is 434 g/mol. The normalized spacial score (nSPS) is 15.9. The van der Waals surface area contributed by atoms with Gasteiger partial charge in [0.2, 0.25) is 5.91 Å². The Kier molecular flexibility index (Phi) is 7.17. The molecule has 1 fully saturated rings. The van der Waals surface area contributed by atoms with Crippen LogP contribution in [0.5, 0.6) is 0 Å². The fourth-order valence-corrected chi connectivity index (χ4v) is 4.81. The van der Waals surface area contributed by atoms with Gasteiger partial charge in [0.15, 0.2) is 0 Å². The number of likely N-dealkylation sites (tertiary alicyclic amines) is 1. The van der Waals surface area contributed by atoms with Gasteiger partial charge >= 0.3 is 12.1 Å². The molecule has 0 bridgehead atoms. The summed E-state index contributed by atoms with van der Waals surface area (Å²) in [5.41, 5.74) is 4.57. The van der Waals surface area contributed by atoms with Crippen molar-refractivity contribution >= 4 is 18.0 Å². The first-order chi connectivity index (χ1) is 16.3. The summed E-state index contributed by atoms with van der Waals surface area (Å²) < 4.78 is 5.61. The zero-order chi connectivity index (χ0) is 24.2. The lowest BCUT2D eigenvalue weighted by atomic mass is 9.94. The molecule has 180 valence electrons. The number of amides is 2. The van der Waals surface area contributed by atoms with Gasteiger partial charge in [-0.25, -0.2) is 4.79 Å². The van der Waals surface area contributed by atoms with Gasteiger partial charge in [-0.2, -0.15) is 0 Å². The van der Waals surface area contributed by atoms with E-state index in [-0.39, 0.29) is 30.8 Å². The van der Waals surface area contributed by atoms with E-state index in [1.54, 1.807) is 4.90 Å². The molecule has 0 unspecified atom stereocenters. The third kappa shape index (κ3) is 5.22. The molecule has 1 saturated heterocycles. The number of alkyl carbamates (subject to hydrolysis) is 1. The fraction of sp³-hybridized carbons (Fsp3) is 0.423. The number of nitrogens with one attached hydrogen (secondary N) is 1. The molecule has 1 aliphatic carbocycles. The number of carbonyl (C=O) groups excluding carboxylic acids is 2. The average molecular weight is 466 g/mol. The number of ether oxygens (including phenoxy) is 1. The number of benzene rings is 2. The van der Waals surface area contributed by atoms with Crippen LogP contribution in [0.1, 0.15) is 29.9 Å². The molecule has 0 radical (unpaired) electrons. The molecule has 1 heterocycles. The van der Waals surface area contributed by atoms with Crippen molar-refractivity contribution in [1.82, 2.24) is 15.1 Å². The van der Waals surface area contributed by atoms with Crippen molar-refractivity contribution in [1.29, 1.82) is 0 Å². The van der Waals surface area contributed by atoms with Crippen LogP contribution in [0.4, 0.5) is 4.79 Å². The quantitative estimate of drug-likeness (QED) is 0.591. The molecule has 8 nitrogen and oxygen atoms in total. The number of carbonyl (C=O) groups is 3. The second-order valence-electron chi connectivity index (χ2n) is 9.33. The van der Waals surface area contributed by atoms with E-state index in [4.69, 9.17) is 9.84 Å². The Morgan fingerprint density at radius 1 is 1.06 bits per heavy atom. The second kappa shape index (κ2) is 10.3. The molecule has 2 aromatic rings. The molecule has 0 saturated carbocycles. The van der Waals surface area contributed by atoms with Crippen LogP contribution < -0.4 is 5.32 Å². The Bertz CT molecular complexity index is 1020. The van der Waals surface area contributed by atoms with E-state index in [1.807, 2.05) is 43.3 Å². The molecule has 34 heavy (non-hydrogen) atoms. The van der Waals surface area contributed by atoms with Crippen LogP contribution in [0, 0.1) is 5.92 Å². The van der Waals surface area contributed by atoms with E-state index >= 15 is 0 Å². The number of carboxylic acid groups (broad SMARTS) is 1. The number of hydrogen-bond acceptors (Lipinski definition) is 5. The zero-order valence-corrected chi connectivity index (χ0v) is 19.6. The molecule has 0 spiro atoms. The highest BCUT2D eigenvalue weighted by Crippen LogP contribution is 2.44. The van der Waals surface area contributed by atoms with Gasteiger partial charge in [-0.15, -0.1) is 0 Å².